The van der Waals surface area contributed by atoms with Crippen LogP contribution in [-0.4, -0.2) is 22.4 Å². The maximum absolute atomic E-state index is 6.54. The molecule has 0 aliphatic heterocycles. The highest BCUT2D eigenvalue weighted by Gasteiger charge is 2.29. The van der Waals surface area contributed by atoms with Crippen molar-refractivity contribution in [1.82, 2.24) is 15.1 Å². The average molecular weight is 310 g/mol. The summed E-state index contributed by atoms with van der Waals surface area (Å²) >= 11 is 6.54. The van der Waals surface area contributed by atoms with Gasteiger partial charge in [0.25, 0.3) is 0 Å². The predicted molar refractivity (Wildman–Crippen MR) is 87.8 cm³/mol. The Morgan fingerprint density at radius 2 is 1.90 bits per heavy atom. The first kappa shape index (κ1) is 15.4. The van der Waals surface area contributed by atoms with Gasteiger partial charge >= 0.3 is 0 Å². The van der Waals surface area contributed by atoms with E-state index in [4.69, 9.17) is 11.6 Å². The number of aromatic nitrogens is 2. The molecule has 1 heterocycles. The van der Waals surface area contributed by atoms with Crippen molar-refractivity contribution in [2.24, 2.45) is 18.9 Å². The van der Waals surface area contributed by atoms with Crippen LogP contribution in [0.3, 0.4) is 0 Å². The summed E-state index contributed by atoms with van der Waals surface area (Å²) in [6.45, 7) is 3.33. The zero-order valence-corrected chi connectivity index (χ0v) is 14.1. The molecule has 1 aromatic rings. The Hall–Kier alpha value is -0.540. The Labute approximate surface area is 133 Å². The van der Waals surface area contributed by atoms with Crippen LogP contribution in [0, 0.1) is 11.8 Å². The normalized spacial score (nSPS) is 26.2. The molecule has 0 amide bonds. The minimum Gasteiger partial charge on any atom is -0.314 e. The number of nitrogens with zero attached hydrogens (tertiary/aromatic N) is 2. The van der Waals surface area contributed by atoms with Gasteiger partial charge in [-0.05, 0) is 56.9 Å². The third kappa shape index (κ3) is 3.62. The van der Waals surface area contributed by atoms with Crippen LogP contribution >= 0.6 is 11.6 Å². The van der Waals surface area contributed by atoms with Crippen molar-refractivity contribution in [2.45, 2.75) is 64.3 Å². The second-order valence-electron chi connectivity index (χ2n) is 6.88. The molecule has 0 bridgehead atoms. The van der Waals surface area contributed by atoms with E-state index >= 15 is 0 Å². The first-order valence-electron chi connectivity index (χ1n) is 8.62. The Morgan fingerprint density at radius 1 is 1.19 bits per heavy atom. The summed E-state index contributed by atoms with van der Waals surface area (Å²) < 4.78 is 2.02. The van der Waals surface area contributed by atoms with E-state index in [0.717, 1.165) is 41.4 Å². The topological polar surface area (TPSA) is 29.9 Å². The van der Waals surface area contributed by atoms with Crippen LogP contribution in [0.4, 0.5) is 0 Å². The van der Waals surface area contributed by atoms with E-state index in [0.29, 0.717) is 0 Å². The lowest BCUT2D eigenvalue weighted by Gasteiger charge is -2.32. The van der Waals surface area contributed by atoms with Crippen molar-refractivity contribution >= 4 is 11.6 Å². The quantitative estimate of drug-likeness (QED) is 0.867. The van der Waals surface area contributed by atoms with Crippen LogP contribution in [0.25, 0.3) is 0 Å². The first-order valence-corrected chi connectivity index (χ1v) is 9.00. The lowest BCUT2D eigenvalue weighted by Crippen LogP contribution is -2.33. The highest BCUT2D eigenvalue weighted by molar-refractivity contribution is 6.31. The molecule has 0 radical (unpaired) electrons. The molecular weight excluding hydrogens is 282 g/mol. The maximum Gasteiger partial charge on any atom is 0.0849 e. The van der Waals surface area contributed by atoms with Crippen molar-refractivity contribution in [3.63, 3.8) is 0 Å². The fourth-order valence-electron chi connectivity index (χ4n) is 3.72. The number of rotatable bonds is 6. The molecule has 2 saturated carbocycles. The van der Waals surface area contributed by atoms with E-state index in [1.165, 1.54) is 50.8 Å². The Balaban J connectivity index is 1.67. The van der Waals surface area contributed by atoms with E-state index in [2.05, 4.69) is 17.3 Å². The third-order valence-electron chi connectivity index (χ3n) is 5.27. The zero-order valence-electron chi connectivity index (χ0n) is 13.4. The Bertz CT molecular complexity index is 479. The van der Waals surface area contributed by atoms with Crippen LogP contribution in [0.2, 0.25) is 5.02 Å². The number of halogens is 1. The molecule has 2 atom stereocenters. The molecule has 118 valence electrons. The van der Waals surface area contributed by atoms with Crippen molar-refractivity contribution < 1.29 is 0 Å². The zero-order chi connectivity index (χ0) is 14.8. The van der Waals surface area contributed by atoms with Gasteiger partial charge in [0.05, 0.1) is 16.4 Å². The van der Waals surface area contributed by atoms with Gasteiger partial charge in [0, 0.05) is 13.1 Å². The van der Waals surface area contributed by atoms with Gasteiger partial charge in [0.2, 0.25) is 0 Å². The van der Waals surface area contributed by atoms with E-state index in [1.54, 1.807) is 0 Å². The van der Waals surface area contributed by atoms with Crippen molar-refractivity contribution in [3.05, 3.63) is 16.4 Å². The highest BCUT2D eigenvalue weighted by atomic mass is 35.5. The molecule has 0 saturated heterocycles. The molecule has 1 N–H and O–H groups in total. The van der Waals surface area contributed by atoms with Gasteiger partial charge in [-0.15, -0.1) is 0 Å². The summed E-state index contributed by atoms with van der Waals surface area (Å²) in [5.41, 5.74) is 2.30. The van der Waals surface area contributed by atoms with E-state index in [1.807, 2.05) is 11.7 Å². The molecule has 3 rings (SSSR count). The monoisotopic (exact) mass is 309 g/mol. The van der Waals surface area contributed by atoms with Gasteiger partial charge in [-0.1, -0.05) is 31.4 Å². The van der Waals surface area contributed by atoms with Gasteiger partial charge < -0.3 is 5.32 Å². The molecule has 2 aliphatic rings. The van der Waals surface area contributed by atoms with Gasteiger partial charge in [-0.25, -0.2) is 0 Å². The van der Waals surface area contributed by atoms with E-state index in [-0.39, 0.29) is 0 Å². The van der Waals surface area contributed by atoms with Crippen molar-refractivity contribution in [2.75, 3.05) is 6.54 Å². The number of aryl methyl sites for hydroxylation is 2. The van der Waals surface area contributed by atoms with Crippen LogP contribution in [0.15, 0.2) is 0 Å². The molecule has 1 aromatic heterocycles. The summed E-state index contributed by atoms with van der Waals surface area (Å²) in [5, 5.41) is 9.22. The molecule has 2 aliphatic carbocycles. The first-order chi connectivity index (χ1) is 10.2. The molecule has 2 unspecified atom stereocenters. The van der Waals surface area contributed by atoms with E-state index in [9.17, 15) is 0 Å². The van der Waals surface area contributed by atoms with Crippen LogP contribution < -0.4 is 5.32 Å². The van der Waals surface area contributed by atoms with Crippen LogP contribution in [0.5, 0.6) is 0 Å². The van der Waals surface area contributed by atoms with Gasteiger partial charge in [0.15, 0.2) is 0 Å². The second-order valence-corrected chi connectivity index (χ2v) is 7.25. The molecule has 3 nitrogen and oxygen atoms in total. The van der Waals surface area contributed by atoms with Gasteiger partial charge in [0.1, 0.15) is 0 Å². The second kappa shape index (κ2) is 6.70. The molecule has 4 heteroatoms. The standard InChI is InChI=1S/C17H28ClN3/c1-3-15-17(18)16(21(2)20-15)10-12-6-4-5-7-13(12)11-19-14-8-9-14/h12-14,19H,3-11H2,1-2H3. The highest BCUT2D eigenvalue weighted by Crippen LogP contribution is 2.35. The summed E-state index contributed by atoms with van der Waals surface area (Å²) in [7, 11) is 2.04. The molecule has 2 fully saturated rings. The lowest BCUT2D eigenvalue weighted by molar-refractivity contribution is 0.225. The smallest absolute Gasteiger partial charge is 0.0849 e. The molecule has 21 heavy (non-hydrogen) atoms. The number of hydrogen-bond donors (Lipinski definition) is 1. The minimum atomic E-state index is 0.766. The largest absolute Gasteiger partial charge is 0.314 e. The molecule has 0 aromatic carbocycles. The van der Waals surface area contributed by atoms with Gasteiger partial charge in [-0.3, -0.25) is 4.68 Å². The number of nitrogens with one attached hydrogen (secondary N) is 1. The summed E-state index contributed by atoms with van der Waals surface area (Å²) in [5.74, 6) is 1.58. The maximum atomic E-state index is 6.54. The average Bonchev–Trinajstić information content (AvgIpc) is 3.28. The van der Waals surface area contributed by atoms with Crippen LogP contribution in [-0.2, 0) is 19.9 Å². The van der Waals surface area contributed by atoms with E-state index < -0.39 is 0 Å². The minimum absolute atomic E-state index is 0.766. The summed E-state index contributed by atoms with van der Waals surface area (Å²) in [6.07, 6.45) is 10.3. The fourth-order valence-corrected chi connectivity index (χ4v) is 4.09. The predicted octanol–water partition coefficient (Wildman–Crippen LogP) is 3.74. The third-order valence-corrected chi connectivity index (χ3v) is 5.71. The SMILES string of the molecule is CCc1nn(C)c(CC2CCCCC2CNC2CC2)c1Cl. The lowest BCUT2D eigenvalue weighted by atomic mass is 9.76. The van der Waals surface area contributed by atoms with Crippen molar-refractivity contribution in [3.8, 4) is 0 Å². The van der Waals surface area contributed by atoms with Gasteiger partial charge in [-0.2, -0.15) is 5.10 Å². The summed E-state index contributed by atoms with van der Waals surface area (Å²) in [4.78, 5) is 0. The molecule has 0 spiro atoms. The fraction of sp³-hybridized carbons (Fsp3) is 0.824. The molecular formula is C17H28ClN3. The van der Waals surface area contributed by atoms with Crippen molar-refractivity contribution in [1.29, 1.82) is 0 Å². The Kier molecular flexibility index (Phi) is 4.90. The number of hydrogen-bond acceptors (Lipinski definition) is 2. The Morgan fingerprint density at radius 3 is 2.52 bits per heavy atom. The summed E-state index contributed by atoms with van der Waals surface area (Å²) in [6, 6.07) is 0.819. The van der Waals surface area contributed by atoms with Crippen LogP contribution in [0.1, 0.15) is 56.8 Å².